The van der Waals surface area contributed by atoms with Crippen molar-refractivity contribution < 1.29 is 24.3 Å². The molecule has 12 heteroatoms. The van der Waals surface area contributed by atoms with Gasteiger partial charge in [0.1, 0.15) is 18.1 Å². The van der Waals surface area contributed by atoms with E-state index in [-0.39, 0.29) is 12.3 Å². The van der Waals surface area contributed by atoms with Crippen molar-refractivity contribution in [3.63, 3.8) is 0 Å². The second kappa shape index (κ2) is 13.4. The van der Waals surface area contributed by atoms with Crippen LogP contribution in [0.5, 0.6) is 0 Å². The first-order chi connectivity index (χ1) is 15.1. The second-order valence-electron chi connectivity index (χ2n) is 8.03. The Morgan fingerprint density at radius 1 is 1.06 bits per heavy atom. The van der Waals surface area contributed by atoms with Crippen molar-refractivity contribution in [1.29, 1.82) is 0 Å². The number of hydrogen-bond acceptors (Lipinski definition) is 7. The number of aliphatic carboxylic acids is 1. The summed E-state index contributed by atoms with van der Waals surface area (Å²) in [5, 5.41) is 16.8. The van der Waals surface area contributed by atoms with Gasteiger partial charge in [0.25, 0.3) is 0 Å². The van der Waals surface area contributed by atoms with Crippen LogP contribution in [-0.2, 0) is 25.6 Å². The molecule has 4 atom stereocenters. The minimum Gasteiger partial charge on any atom is -0.480 e. The summed E-state index contributed by atoms with van der Waals surface area (Å²) in [6, 6.07) is -3.93. The molecule has 4 unspecified atom stereocenters. The van der Waals surface area contributed by atoms with E-state index in [9.17, 15) is 24.3 Å². The molecule has 3 amide bonds. The van der Waals surface area contributed by atoms with Gasteiger partial charge >= 0.3 is 5.97 Å². The molecule has 9 N–H and O–H groups in total. The Kier molecular flexibility index (Phi) is 11.3. The number of imidazole rings is 1. The Hall–Kier alpha value is -2.99. The summed E-state index contributed by atoms with van der Waals surface area (Å²) in [5.74, 6) is -3.26. The zero-order valence-corrected chi connectivity index (χ0v) is 18.8. The van der Waals surface area contributed by atoms with E-state index in [0.717, 1.165) is 6.42 Å². The number of nitrogens with zero attached hydrogens (tertiary/aromatic N) is 1. The lowest BCUT2D eigenvalue weighted by atomic mass is 10.0. The van der Waals surface area contributed by atoms with Gasteiger partial charge in [-0.25, -0.2) is 9.78 Å². The number of carboxylic acid groups (broad SMARTS) is 1. The highest BCUT2D eigenvalue weighted by atomic mass is 16.4. The lowest BCUT2D eigenvalue weighted by molar-refractivity contribution is -0.143. The van der Waals surface area contributed by atoms with Gasteiger partial charge in [-0.1, -0.05) is 20.3 Å². The third kappa shape index (κ3) is 9.02. The molecule has 1 aromatic rings. The van der Waals surface area contributed by atoms with Crippen molar-refractivity contribution in [3.05, 3.63) is 18.2 Å². The monoisotopic (exact) mass is 453 g/mol. The molecule has 0 saturated carbocycles. The Bertz CT molecular complexity index is 754. The molecule has 0 aliphatic carbocycles. The highest BCUT2D eigenvalue weighted by Crippen LogP contribution is 2.05. The average Bonchev–Trinajstić information content (AvgIpc) is 3.23. The predicted molar refractivity (Wildman–Crippen MR) is 117 cm³/mol. The normalized spacial score (nSPS) is 14.8. The number of rotatable bonds is 14. The molecule has 12 nitrogen and oxygen atoms in total. The van der Waals surface area contributed by atoms with Gasteiger partial charge in [0.2, 0.25) is 17.7 Å². The number of unbranched alkanes of at least 4 members (excludes halogenated alkanes) is 1. The van der Waals surface area contributed by atoms with E-state index in [0.29, 0.717) is 25.1 Å². The van der Waals surface area contributed by atoms with Crippen molar-refractivity contribution in [2.45, 2.75) is 70.6 Å². The van der Waals surface area contributed by atoms with Crippen molar-refractivity contribution in [2.75, 3.05) is 6.54 Å². The van der Waals surface area contributed by atoms with Crippen LogP contribution in [0.15, 0.2) is 12.5 Å². The largest absolute Gasteiger partial charge is 0.480 e. The molecule has 0 aromatic carbocycles. The van der Waals surface area contributed by atoms with Gasteiger partial charge in [0, 0.05) is 18.3 Å². The zero-order chi connectivity index (χ0) is 24.3. The van der Waals surface area contributed by atoms with E-state index in [2.05, 4.69) is 25.9 Å². The van der Waals surface area contributed by atoms with Crippen molar-refractivity contribution in [3.8, 4) is 0 Å². The fourth-order valence-corrected chi connectivity index (χ4v) is 2.92. The van der Waals surface area contributed by atoms with E-state index in [1.165, 1.54) is 19.4 Å². The van der Waals surface area contributed by atoms with Crippen LogP contribution in [0.3, 0.4) is 0 Å². The van der Waals surface area contributed by atoms with Crippen LogP contribution in [0, 0.1) is 5.92 Å². The predicted octanol–water partition coefficient (Wildman–Crippen LogP) is -1.38. The van der Waals surface area contributed by atoms with E-state index in [1.54, 1.807) is 13.8 Å². The highest BCUT2D eigenvalue weighted by molar-refractivity contribution is 5.94. The van der Waals surface area contributed by atoms with Gasteiger partial charge in [0.15, 0.2) is 0 Å². The maximum Gasteiger partial charge on any atom is 0.326 e. The summed E-state index contributed by atoms with van der Waals surface area (Å²) < 4.78 is 0. The zero-order valence-electron chi connectivity index (χ0n) is 18.8. The third-order valence-corrected chi connectivity index (χ3v) is 4.90. The van der Waals surface area contributed by atoms with Gasteiger partial charge in [-0.3, -0.25) is 14.4 Å². The molecule has 0 aliphatic rings. The summed E-state index contributed by atoms with van der Waals surface area (Å²) in [6.07, 6.45) is 4.90. The number of carboxylic acids is 1. The maximum absolute atomic E-state index is 12.8. The van der Waals surface area contributed by atoms with Gasteiger partial charge < -0.3 is 37.5 Å². The van der Waals surface area contributed by atoms with E-state index in [1.807, 2.05) is 0 Å². The summed E-state index contributed by atoms with van der Waals surface area (Å²) in [5.41, 5.74) is 12.0. The standard InChI is InChI=1S/C20H35N7O5/c1-11(2)16(20(31)32)27-17(28)12(3)25-19(30)15(8-13-9-23-10-24-13)26-18(29)14(22)6-4-5-7-21/h9-12,14-16H,4-8,21-22H2,1-3H3,(H,23,24)(H,25,30)(H,26,29)(H,27,28)(H,31,32). The Morgan fingerprint density at radius 3 is 2.28 bits per heavy atom. The number of nitrogens with one attached hydrogen (secondary N) is 4. The highest BCUT2D eigenvalue weighted by Gasteiger charge is 2.29. The minimum absolute atomic E-state index is 0.102. The molecule has 180 valence electrons. The van der Waals surface area contributed by atoms with Gasteiger partial charge in [-0.2, -0.15) is 0 Å². The van der Waals surface area contributed by atoms with E-state index < -0.39 is 47.9 Å². The average molecular weight is 454 g/mol. The Balaban J connectivity index is 2.81. The fourth-order valence-electron chi connectivity index (χ4n) is 2.92. The number of amides is 3. The number of aromatic nitrogens is 2. The van der Waals surface area contributed by atoms with E-state index in [4.69, 9.17) is 11.5 Å². The van der Waals surface area contributed by atoms with Crippen LogP contribution in [-0.4, -0.2) is 69.5 Å². The summed E-state index contributed by atoms with van der Waals surface area (Å²) in [7, 11) is 0. The molecule has 0 aliphatic heterocycles. The number of aromatic amines is 1. The molecule has 32 heavy (non-hydrogen) atoms. The Morgan fingerprint density at radius 2 is 1.75 bits per heavy atom. The van der Waals surface area contributed by atoms with E-state index >= 15 is 0 Å². The second-order valence-corrected chi connectivity index (χ2v) is 8.03. The quantitative estimate of drug-likeness (QED) is 0.167. The lowest BCUT2D eigenvalue weighted by Crippen LogP contribution is -2.57. The maximum atomic E-state index is 12.8. The van der Waals surface area contributed by atoms with Gasteiger partial charge in [0.05, 0.1) is 12.4 Å². The lowest BCUT2D eigenvalue weighted by Gasteiger charge is -2.24. The summed E-state index contributed by atoms with van der Waals surface area (Å²) in [6.45, 7) is 5.25. The van der Waals surface area contributed by atoms with Gasteiger partial charge in [-0.15, -0.1) is 0 Å². The molecule has 1 rings (SSSR count). The molecule has 0 fully saturated rings. The number of carbonyl (C=O) groups excluding carboxylic acids is 3. The molecule has 0 spiro atoms. The van der Waals surface area contributed by atoms with Gasteiger partial charge in [-0.05, 0) is 32.2 Å². The van der Waals surface area contributed by atoms with Crippen molar-refractivity contribution in [1.82, 2.24) is 25.9 Å². The third-order valence-electron chi connectivity index (χ3n) is 4.90. The first-order valence-corrected chi connectivity index (χ1v) is 10.6. The molecule has 0 radical (unpaired) electrons. The summed E-state index contributed by atoms with van der Waals surface area (Å²) in [4.78, 5) is 55.8. The van der Waals surface area contributed by atoms with Crippen molar-refractivity contribution in [2.24, 2.45) is 17.4 Å². The minimum atomic E-state index is -1.17. The number of H-pyrrole nitrogens is 1. The first-order valence-electron chi connectivity index (χ1n) is 10.6. The molecule has 1 heterocycles. The molecule has 1 aromatic heterocycles. The number of nitrogens with two attached hydrogens (primary N) is 2. The number of carbonyl (C=O) groups is 4. The molecule has 0 saturated heterocycles. The van der Waals surface area contributed by atoms with Crippen LogP contribution < -0.4 is 27.4 Å². The Labute approximate surface area is 187 Å². The molecule has 0 bridgehead atoms. The van der Waals surface area contributed by atoms with Crippen LogP contribution in [0.4, 0.5) is 0 Å². The molecular formula is C20H35N7O5. The summed E-state index contributed by atoms with van der Waals surface area (Å²) >= 11 is 0. The smallest absolute Gasteiger partial charge is 0.326 e. The van der Waals surface area contributed by atoms with Crippen LogP contribution in [0.2, 0.25) is 0 Å². The van der Waals surface area contributed by atoms with Crippen LogP contribution in [0.25, 0.3) is 0 Å². The SMILES string of the molecule is CC(NC(=O)C(Cc1cnc[nH]1)NC(=O)C(N)CCCCN)C(=O)NC(C(=O)O)C(C)C. The first kappa shape index (κ1) is 27.0. The fraction of sp³-hybridized carbons (Fsp3) is 0.650. The van der Waals surface area contributed by atoms with Crippen molar-refractivity contribution >= 4 is 23.7 Å². The topological polar surface area (TPSA) is 205 Å². The molecular weight excluding hydrogens is 418 g/mol. The van der Waals surface area contributed by atoms with Crippen LogP contribution in [0.1, 0.15) is 45.7 Å². The number of hydrogen-bond donors (Lipinski definition) is 7. The van der Waals surface area contributed by atoms with Crippen LogP contribution >= 0.6 is 0 Å².